The minimum atomic E-state index is -3.29. The number of nitrogen functional groups attached to an aromatic ring is 1. The molecule has 1 aliphatic heterocycles. The molecule has 2 N–H and O–H groups in total. The zero-order valence-corrected chi connectivity index (χ0v) is 13.4. The molecule has 20 heavy (non-hydrogen) atoms. The van der Waals surface area contributed by atoms with Gasteiger partial charge < -0.3 is 15.5 Å². The number of anilines is 2. The van der Waals surface area contributed by atoms with Gasteiger partial charge in [0.25, 0.3) is 0 Å². The molecule has 112 valence electrons. The lowest BCUT2D eigenvalue weighted by Gasteiger charge is -2.21. The molecule has 1 aromatic rings. The number of nitrogens with zero attached hydrogens (tertiary/aromatic N) is 3. The van der Waals surface area contributed by atoms with Crippen LogP contribution in [-0.4, -0.2) is 56.2 Å². The largest absolute Gasteiger partial charge is 0.382 e. The van der Waals surface area contributed by atoms with Crippen LogP contribution < -0.4 is 10.6 Å². The van der Waals surface area contributed by atoms with Crippen molar-refractivity contribution in [1.82, 2.24) is 9.27 Å². The fourth-order valence-electron chi connectivity index (χ4n) is 2.65. The number of aromatic nitrogens is 1. The van der Waals surface area contributed by atoms with E-state index < -0.39 is 9.84 Å². The van der Waals surface area contributed by atoms with Crippen LogP contribution in [0.1, 0.15) is 19.3 Å². The van der Waals surface area contributed by atoms with Crippen LogP contribution in [0.3, 0.4) is 0 Å². The molecule has 2 heterocycles. The monoisotopic (exact) mass is 316 g/mol. The van der Waals surface area contributed by atoms with Crippen molar-refractivity contribution < 1.29 is 8.42 Å². The van der Waals surface area contributed by atoms with Crippen LogP contribution in [0.2, 0.25) is 0 Å². The van der Waals surface area contributed by atoms with Gasteiger partial charge in [0.05, 0.1) is 5.25 Å². The van der Waals surface area contributed by atoms with Crippen molar-refractivity contribution in [2.24, 2.45) is 0 Å². The first-order valence-corrected chi connectivity index (χ1v) is 9.13. The van der Waals surface area contributed by atoms with Crippen molar-refractivity contribution in [3.63, 3.8) is 0 Å². The van der Waals surface area contributed by atoms with Gasteiger partial charge >= 0.3 is 0 Å². The molecule has 6 nitrogen and oxygen atoms in total. The molecule has 0 aromatic carbocycles. The molecule has 0 spiro atoms. The van der Waals surface area contributed by atoms with E-state index in [4.69, 9.17) is 5.73 Å². The van der Waals surface area contributed by atoms with Crippen LogP contribution in [0, 0.1) is 0 Å². The van der Waals surface area contributed by atoms with Crippen molar-refractivity contribution in [3.05, 3.63) is 0 Å². The molecule has 0 radical (unpaired) electrons. The molecule has 8 heteroatoms. The summed E-state index contributed by atoms with van der Waals surface area (Å²) < 4.78 is 29.1. The predicted molar refractivity (Wildman–Crippen MR) is 81.0 cm³/mol. The zero-order chi connectivity index (χ0) is 14.5. The summed E-state index contributed by atoms with van der Waals surface area (Å²) in [6, 6.07) is 0.454. The molecule has 2 fully saturated rings. The Hall–Kier alpha value is -0.860. The van der Waals surface area contributed by atoms with Crippen LogP contribution in [0.15, 0.2) is 4.90 Å². The molecule has 2 aliphatic rings. The highest BCUT2D eigenvalue weighted by atomic mass is 32.2. The molecule has 1 aliphatic carbocycles. The minimum Gasteiger partial charge on any atom is -0.382 e. The summed E-state index contributed by atoms with van der Waals surface area (Å²) in [5, 5.41) is 0.492. The Bertz CT molecular complexity index is 607. The van der Waals surface area contributed by atoms with E-state index >= 15 is 0 Å². The topological polar surface area (TPSA) is 79.5 Å². The standard InChI is InChI=1S/C12H20N4O2S2/c1-15(2)8-5-6-16(7-8)12-10(11(13)14-19-12)20(17,18)9-3-4-9/h8-9H,3-7H2,1-2H3,(H2,13,14). The molecule has 1 unspecified atom stereocenters. The van der Waals surface area contributed by atoms with E-state index in [0.29, 0.717) is 6.04 Å². The molecular formula is C12H20N4O2S2. The Morgan fingerprint density at radius 1 is 1.35 bits per heavy atom. The maximum Gasteiger partial charge on any atom is 0.187 e. The predicted octanol–water partition coefficient (Wildman–Crippen LogP) is 0.802. The van der Waals surface area contributed by atoms with Crippen molar-refractivity contribution in [2.75, 3.05) is 37.8 Å². The second-order valence-electron chi connectivity index (χ2n) is 5.80. The fraction of sp³-hybridized carbons (Fsp3) is 0.750. The van der Waals surface area contributed by atoms with Crippen LogP contribution in [0.4, 0.5) is 10.8 Å². The van der Waals surface area contributed by atoms with Crippen LogP contribution in [-0.2, 0) is 9.84 Å². The summed E-state index contributed by atoms with van der Waals surface area (Å²) in [5.74, 6) is 0.171. The van der Waals surface area contributed by atoms with Gasteiger partial charge in [0.1, 0.15) is 9.90 Å². The summed E-state index contributed by atoms with van der Waals surface area (Å²) >= 11 is 1.21. The Kier molecular flexibility index (Phi) is 3.42. The third-order valence-corrected chi connectivity index (χ3v) is 7.46. The fourth-order valence-corrected chi connectivity index (χ4v) is 5.71. The maximum absolute atomic E-state index is 12.5. The number of sulfone groups is 1. The Balaban J connectivity index is 1.92. The molecular weight excluding hydrogens is 296 g/mol. The summed E-state index contributed by atoms with van der Waals surface area (Å²) in [6.07, 6.45) is 2.53. The quantitative estimate of drug-likeness (QED) is 0.885. The summed E-state index contributed by atoms with van der Waals surface area (Å²) in [4.78, 5) is 4.58. The van der Waals surface area contributed by atoms with Crippen molar-refractivity contribution in [2.45, 2.75) is 35.4 Å². The van der Waals surface area contributed by atoms with Crippen LogP contribution in [0.5, 0.6) is 0 Å². The van der Waals surface area contributed by atoms with E-state index in [1.54, 1.807) is 0 Å². The molecule has 1 saturated carbocycles. The summed E-state index contributed by atoms with van der Waals surface area (Å²) in [6.45, 7) is 1.69. The van der Waals surface area contributed by atoms with E-state index in [2.05, 4.69) is 28.3 Å². The summed E-state index contributed by atoms with van der Waals surface area (Å²) in [7, 11) is 0.814. The molecule has 1 saturated heterocycles. The smallest absolute Gasteiger partial charge is 0.187 e. The highest BCUT2D eigenvalue weighted by Gasteiger charge is 2.42. The lowest BCUT2D eigenvalue weighted by atomic mass is 10.2. The average molecular weight is 316 g/mol. The number of nitrogens with two attached hydrogens (primary N) is 1. The van der Waals surface area contributed by atoms with E-state index in [1.165, 1.54) is 11.5 Å². The lowest BCUT2D eigenvalue weighted by molar-refractivity contribution is 0.315. The van der Waals surface area contributed by atoms with Crippen LogP contribution >= 0.6 is 11.5 Å². The van der Waals surface area contributed by atoms with Gasteiger partial charge in [-0.15, -0.1) is 0 Å². The van der Waals surface area contributed by atoms with Gasteiger partial charge in [-0.2, -0.15) is 4.37 Å². The Morgan fingerprint density at radius 2 is 2.05 bits per heavy atom. The first-order valence-electron chi connectivity index (χ1n) is 6.81. The highest BCUT2D eigenvalue weighted by Crippen LogP contribution is 2.43. The van der Waals surface area contributed by atoms with Gasteiger partial charge in [0.15, 0.2) is 15.7 Å². The minimum absolute atomic E-state index is 0.171. The zero-order valence-electron chi connectivity index (χ0n) is 11.7. The Morgan fingerprint density at radius 3 is 2.60 bits per heavy atom. The van der Waals surface area contributed by atoms with E-state index in [0.717, 1.165) is 37.4 Å². The molecule has 1 aromatic heterocycles. The van der Waals surface area contributed by atoms with E-state index in [1.807, 2.05) is 0 Å². The SMILES string of the molecule is CN(C)C1CCN(c2snc(N)c2S(=O)(=O)C2CC2)C1. The molecule has 0 amide bonds. The highest BCUT2D eigenvalue weighted by molar-refractivity contribution is 7.92. The van der Waals surface area contributed by atoms with Gasteiger partial charge in [-0.25, -0.2) is 8.42 Å². The van der Waals surface area contributed by atoms with Gasteiger partial charge in [0, 0.05) is 19.1 Å². The number of likely N-dealkylation sites (N-methyl/N-ethyl adjacent to an activating group) is 1. The molecule has 0 bridgehead atoms. The molecule has 1 atom stereocenters. The van der Waals surface area contributed by atoms with Crippen molar-refractivity contribution in [1.29, 1.82) is 0 Å². The van der Waals surface area contributed by atoms with Gasteiger partial charge in [-0.1, -0.05) is 0 Å². The number of rotatable bonds is 4. The van der Waals surface area contributed by atoms with Crippen molar-refractivity contribution >= 4 is 32.2 Å². The summed E-state index contributed by atoms with van der Waals surface area (Å²) in [5.41, 5.74) is 5.84. The number of hydrogen-bond acceptors (Lipinski definition) is 7. The van der Waals surface area contributed by atoms with E-state index in [-0.39, 0.29) is 16.0 Å². The number of hydrogen-bond donors (Lipinski definition) is 1. The second-order valence-corrected chi connectivity index (χ2v) is 8.72. The van der Waals surface area contributed by atoms with Gasteiger partial charge in [-0.3, -0.25) is 0 Å². The van der Waals surface area contributed by atoms with Crippen molar-refractivity contribution in [3.8, 4) is 0 Å². The van der Waals surface area contributed by atoms with Gasteiger partial charge in [0.2, 0.25) is 0 Å². The second kappa shape index (κ2) is 4.85. The first kappa shape index (κ1) is 14.1. The average Bonchev–Trinajstić information content (AvgIpc) is 2.99. The van der Waals surface area contributed by atoms with E-state index in [9.17, 15) is 8.42 Å². The molecule has 3 rings (SSSR count). The van der Waals surface area contributed by atoms with Crippen LogP contribution in [0.25, 0.3) is 0 Å². The Labute approximate surface area is 123 Å². The van der Waals surface area contributed by atoms with Gasteiger partial charge in [-0.05, 0) is 44.9 Å². The third kappa shape index (κ3) is 2.29. The maximum atomic E-state index is 12.5. The first-order chi connectivity index (χ1) is 9.41. The normalized spacial score (nSPS) is 23.8. The lowest BCUT2D eigenvalue weighted by Crippen LogP contribution is -2.31. The third-order valence-electron chi connectivity index (χ3n) is 4.09.